The molecule has 4 heteroatoms. The van der Waals surface area contributed by atoms with Crippen LogP contribution in [0, 0.1) is 26.7 Å². The zero-order valence-electron chi connectivity index (χ0n) is 12.7. The highest BCUT2D eigenvalue weighted by Crippen LogP contribution is 2.36. The van der Waals surface area contributed by atoms with Crippen molar-refractivity contribution in [2.75, 3.05) is 0 Å². The van der Waals surface area contributed by atoms with Gasteiger partial charge in [0.15, 0.2) is 5.78 Å². The molecular weight excluding hydrogens is 256 g/mol. The predicted octanol–water partition coefficient (Wildman–Crippen LogP) is 3.03. The Morgan fingerprint density at radius 1 is 1.25 bits per heavy atom. The van der Waals surface area contributed by atoms with Gasteiger partial charge in [-0.2, -0.15) is 4.89 Å². The fourth-order valence-corrected chi connectivity index (χ4v) is 2.48. The van der Waals surface area contributed by atoms with E-state index in [0.29, 0.717) is 5.56 Å². The predicted molar refractivity (Wildman–Crippen MR) is 77.2 cm³/mol. The summed E-state index contributed by atoms with van der Waals surface area (Å²) in [6, 6.07) is 3.69. The van der Waals surface area contributed by atoms with Crippen molar-refractivity contribution < 1.29 is 20.0 Å². The number of ketones is 1. The number of Topliss-reactive ketones (excluding diaryl/α,β-unsaturated/α-hetero) is 1. The molecule has 0 heterocycles. The van der Waals surface area contributed by atoms with Crippen molar-refractivity contribution in [3.8, 4) is 0 Å². The third kappa shape index (κ3) is 2.82. The van der Waals surface area contributed by atoms with E-state index in [1.165, 1.54) is 0 Å². The molecule has 0 bridgehead atoms. The molecule has 0 amide bonds. The minimum Gasteiger partial charge on any atom is -0.356 e. The zero-order chi connectivity index (χ0) is 15.7. The van der Waals surface area contributed by atoms with Crippen LogP contribution in [0.15, 0.2) is 24.3 Å². The van der Waals surface area contributed by atoms with E-state index in [9.17, 15) is 15.2 Å². The van der Waals surface area contributed by atoms with Crippen LogP contribution < -0.4 is 0 Å². The summed E-state index contributed by atoms with van der Waals surface area (Å²) in [7, 11) is 0. The molecule has 110 valence electrons. The molecule has 1 aromatic rings. The van der Waals surface area contributed by atoms with E-state index in [-0.39, 0.29) is 17.3 Å². The highest BCUT2D eigenvalue weighted by Gasteiger charge is 2.41. The van der Waals surface area contributed by atoms with E-state index < -0.39 is 5.79 Å². The Morgan fingerprint density at radius 3 is 2.05 bits per heavy atom. The molecule has 20 heavy (non-hydrogen) atoms. The van der Waals surface area contributed by atoms with Crippen LogP contribution in [-0.2, 0) is 15.5 Å². The molecule has 1 unspecified atom stereocenters. The van der Waals surface area contributed by atoms with Gasteiger partial charge in [-0.15, -0.1) is 0 Å². The SMILES string of the molecule is C=C(C(=O)C(C)C)C(O)(OO)c1c(C)cc(C)cc1C. The lowest BCUT2D eigenvalue weighted by molar-refractivity contribution is -0.383. The van der Waals surface area contributed by atoms with Crippen LogP contribution in [0.4, 0.5) is 0 Å². The first kappa shape index (κ1) is 16.6. The van der Waals surface area contributed by atoms with Crippen LogP contribution in [0.3, 0.4) is 0 Å². The summed E-state index contributed by atoms with van der Waals surface area (Å²) in [5, 5.41) is 19.8. The monoisotopic (exact) mass is 278 g/mol. The van der Waals surface area contributed by atoms with E-state index in [2.05, 4.69) is 11.5 Å². The Bertz CT molecular complexity index is 522. The average Bonchev–Trinajstić information content (AvgIpc) is 2.35. The van der Waals surface area contributed by atoms with E-state index in [1.54, 1.807) is 27.7 Å². The molecule has 0 fully saturated rings. The third-order valence-corrected chi connectivity index (χ3v) is 3.38. The first-order valence-corrected chi connectivity index (χ1v) is 6.52. The van der Waals surface area contributed by atoms with Gasteiger partial charge in [-0.1, -0.05) is 38.1 Å². The fourth-order valence-electron chi connectivity index (χ4n) is 2.48. The second-order valence-corrected chi connectivity index (χ2v) is 5.51. The smallest absolute Gasteiger partial charge is 0.254 e. The van der Waals surface area contributed by atoms with Crippen molar-refractivity contribution >= 4 is 5.78 Å². The van der Waals surface area contributed by atoms with Gasteiger partial charge in [0.05, 0.1) is 5.57 Å². The number of aliphatic hydroxyl groups is 1. The Labute approximate surface area is 119 Å². The molecule has 0 saturated heterocycles. The van der Waals surface area contributed by atoms with E-state index in [4.69, 9.17) is 0 Å². The first-order valence-electron chi connectivity index (χ1n) is 6.52. The van der Waals surface area contributed by atoms with Crippen LogP contribution >= 0.6 is 0 Å². The molecule has 1 rings (SSSR count). The Hall–Kier alpha value is -1.49. The van der Waals surface area contributed by atoms with Crippen molar-refractivity contribution in [2.45, 2.75) is 40.4 Å². The first-order chi connectivity index (χ1) is 9.15. The number of carbonyl (C=O) groups is 1. The quantitative estimate of drug-likeness (QED) is 0.376. The maximum Gasteiger partial charge on any atom is 0.254 e. The van der Waals surface area contributed by atoms with Crippen LogP contribution in [0.1, 0.15) is 36.1 Å². The molecule has 0 aromatic heterocycles. The Balaban J connectivity index is 3.46. The molecule has 0 aliphatic carbocycles. The summed E-state index contributed by atoms with van der Waals surface area (Å²) >= 11 is 0. The van der Waals surface area contributed by atoms with Crippen LogP contribution in [0.5, 0.6) is 0 Å². The van der Waals surface area contributed by atoms with Crippen LogP contribution in [-0.4, -0.2) is 16.1 Å². The number of rotatable bonds is 5. The highest BCUT2D eigenvalue weighted by molar-refractivity contribution is 5.97. The van der Waals surface area contributed by atoms with E-state index in [0.717, 1.165) is 16.7 Å². The topological polar surface area (TPSA) is 66.8 Å². The molecule has 0 spiro atoms. The number of carbonyl (C=O) groups excluding carboxylic acids is 1. The lowest BCUT2D eigenvalue weighted by atomic mass is 9.85. The number of aryl methyl sites for hydroxylation is 3. The summed E-state index contributed by atoms with van der Waals surface area (Å²) in [5.41, 5.74) is 2.63. The van der Waals surface area contributed by atoms with Gasteiger partial charge in [0.2, 0.25) is 0 Å². The lowest BCUT2D eigenvalue weighted by Crippen LogP contribution is -2.37. The average molecular weight is 278 g/mol. The molecule has 1 aromatic carbocycles. The molecule has 2 N–H and O–H groups in total. The van der Waals surface area contributed by atoms with Gasteiger partial charge in [-0.05, 0) is 31.9 Å². The molecular formula is C16H22O4. The molecule has 0 aliphatic rings. The normalized spacial score (nSPS) is 14.2. The lowest BCUT2D eigenvalue weighted by Gasteiger charge is -2.30. The van der Waals surface area contributed by atoms with Gasteiger partial charge in [0.1, 0.15) is 0 Å². The van der Waals surface area contributed by atoms with Gasteiger partial charge in [0, 0.05) is 11.5 Å². The second kappa shape index (κ2) is 5.87. The van der Waals surface area contributed by atoms with Crippen molar-refractivity contribution in [3.63, 3.8) is 0 Å². The van der Waals surface area contributed by atoms with Crippen molar-refractivity contribution in [1.82, 2.24) is 0 Å². The Kier molecular flexibility index (Phi) is 4.86. The fraction of sp³-hybridized carbons (Fsp3) is 0.438. The Morgan fingerprint density at radius 2 is 1.70 bits per heavy atom. The van der Waals surface area contributed by atoms with Crippen molar-refractivity contribution in [3.05, 3.63) is 46.5 Å². The number of hydrogen-bond donors (Lipinski definition) is 2. The molecule has 1 atom stereocenters. The van der Waals surface area contributed by atoms with Crippen molar-refractivity contribution in [1.29, 1.82) is 0 Å². The van der Waals surface area contributed by atoms with Gasteiger partial charge >= 0.3 is 0 Å². The maximum absolute atomic E-state index is 12.1. The van der Waals surface area contributed by atoms with Gasteiger partial charge < -0.3 is 5.11 Å². The number of benzene rings is 1. The largest absolute Gasteiger partial charge is 0.356 e. The zero-order valence-corrected chi connectivity index (χ0v) is 12.7. The summed E-state index contributed by atoms with van der Waals surface area (Å²) in [4.78, 5) is 16.4. The van der Waals surface area contributed by atoms with Gasteiger partial charge in [0.25, 0.3) is 5.79 Å². The standard InChI is InChI=1S/C16H22O4/c1-9(2)15(17)13(6)16(18,20-19)14-11(4)7-10(3)8-12(14)5/h7-9,18-19H,6H2,1-5H3. The van der Waals surface area contributed by atoms with Crippen LogP contribution in [0.25, 0.3) is 0 Å². The summed E-state index contributed by atoms with van der Waals surface area (Å²) in [5.74, 6) is -2.93. The number of hydrogen-bond acceptors (Lipinski definition) is 4. The summed E-state index contributed by atoms with van der Waals surface area (Å²) in [6.07, 6.45) is 0. The van der Waals surface area contributed by atoms with Gasteiger partial charge in [-0.3, -0.25) is 4.79 Å². The second-order valence-electron chi connectivity index (χ2n) is 5.51. The van der Waals surface area contributed by atoms with E-state index in [1.807, 2.05) is 19.1 Å². The van der Waals surface area contributed by atoms with Gasteiger partial charge in [-0.25, -0.2) is 5.26 Å². The van der Waals surface area contributed by atoms with E-state index >= 15 is 0 Å². The van der Waals surface area contributed by atoms with Crippen molar-refractivity contribution in [2.24, 2.45) is 5.92 Å². The molecule has 0 aliphatic heterocycles. The summed E-state index contributed by atoms with van der Waals surface area (Å²) in [6.45, 7) is 12.5. The molecule has 4 nitrogen and oxygen atoms in total. The van der Waals surface area contributed by atoms with Crippen LogP contribution in [0.2, 0.25) is 0 Å². The third-order valence-electron chi connectivity index (χ3n) is 3.38. The summed E-state index contributed by atoms with van der Waals surface area (Å²) < 4.78 is 0. The molecule has 0 radical (unpaired) electrons. The maximum atomic E-state index is 12.1. The minimum atomic E-state index is -2.22. The molecule has 0 saturated carbocycles. The highest BCUT2D eigenvalue weighted by atomic mass is 17.1. The minimum absolute atomic E-state index is 0.176.